The van der Waals surface area contributed by atoms with E-state index in [9.17, 15) is 9.59 Å². The number of aromatic nitrogens is 3. The first-order valence-corrected chi connectivity index (χ1v) is 12.6. The molecule has 0 aliphatic rings. The number of hydrogen-bond donors (Lipinski definition) is 2. The largest absolute Gasteiger partial charge is 0.366 e. The van der Waals surface area contributed by atoms with Gasteiger partial charge in [-0.2, -0.15) is 5.10 Å². The molecular weight excluding hydrogens is 470 g/mol. The van der Waals surface area contributed by atoms with Crippen molar-refractivity contribution in [2.24, 2.45) is 5.73 Å². The standard InChI is InChI=1S/C28H29N5O2S/c1-18-19(2)25(27(29)35)28(31-20(18)3)36-17-24(34)30-14-23-16-33(15-21-10-6-4-7-11-21)32-26(23)22-12-8-5-9-13-22/h4-13,16H,14-15,17H2,1-3H3,(H2,29,35)(H,30,34). The summed E-state index contributed by atoms with van der Waals surface area (Å²) in [5.74, 6) is -0.583. The summed E-state index contributed by atoms with van der Waals surface area (Å²) in [5.41, 5.74) is 12.4. The first-order valence-electron chi connectivity index (χ1n) is 11.7. The van der Waals surface area contributed by atoms with Crippen LogP contribution in [0.2, 0.25) is 0 Å². The minimum absolute atomic E-state index is 0.119. The number of nitrogens with zero attached hydrogens (tertiary/aromatic N) is 3. The van der Waals surface area contributed by atoms with Gasteiger partial charge < -0.3 is 11.1 Å². The number of carbonyl (C=O) groups excluding carboxylic acids is 2. The lowest BCUT2D eigenvalue weighted by Gasteiger charge is -2.13. The van der Waals surface area contributed by atoms with Crippen LogP contribution >= 0.6 is 11.8 Å². The van der Waals surface area contributed by atoms with Crippen molar-refractivity contribution >= 4 is 23.6 Å². The normalized spacial score (nSPS) is 10.9. The third-order valence-corrected chi connectivity index (χ3v) is 7.07. The summed E-state index contributed by atoms with van der Waals surface area (Å²) >= 11 is 1.22. The van der Waals surface area contributed by atoms with E-state index in [4.69, 9.17) is 10.8 Å². The molecule has 0 unspecified atom stereocenters. The molecule has 0 radical (unpaired) electrons. The maximum atomic E-state index is 12.8. The van der Waals surface area contributed by atoms with Gasteiger partial charge in [-0.1, -0.05) is 72.4 Å². The lowest BCUT2D eigenvalue weighted by Crippen LogP contribution is -2.25. The predicted octanol–water partition coefficient (Wildman–Crippen LogP) is 4.43. The average Bonchev–Trinajstić information content (AvgIpc) is 3.28. The second kappa shape index (κ2) is 11.2. The molecule has 0 aliphatic heterocycles. The summed E-state index contributed by atoms with van der Waals surface area (Å²) in [6.45, 7) is 6.62. The number of nitrogens with one attached hydrogen (secondary N) is 1. The van der Waals surface area contributed by atoms with Crippen molar-refractivity contribution in [2.45, 2.75) is 38.9 Å². The maximum Gasteiger partial charge on any atom is 0.251 e. The molecule has 8 heteroatoms. The summed E-state index contributed by atoms with van der Waals surface area (Å²) in [4.78, 5) is 29.3. The number of thioether (sulfide) groups is 1. The molecule has 0 saturated heterocycles. The van der Waals surface area contributed by atoms with E-state index >= 15 is 0 Å². The molecule has 0 aliphatic carbocycles. The molecule has 36 heavy (non-hydrogen) atoms. The Morgan fingerprint density at radius 3 is 2.31 bits per heavy atom. The monoisotopic (exact) mass is 499 g/mol. The van der Waals surface area contributed by atoms with Gasteiger partial charge in [0.25, 0.3) is 5.91 Å². The van der Waals surface area contributed by atoms with Gasteiger partial charge in [-0.25, -0.2) is 4.98 Å². The molecule has 0 bridgehead atoms. The van der Waals surface area contributed by atoms with E-state index in [0.717, 1.165) is 39.2 Å². The second-order valence-electron chi connectivity index (χ2n) is 8.61. The number of aryl methyl sites for hydroxylation is 1. The fourth-order valence-electron chi connectivity index (χ4n) is 3.97. The van der Waals surface area contributed by atoms with Crippen LogP contribution in [0.4, 0.5) is 0 Å². The summed E-state index contributed by atoms with van der Waals surface area (Å²) in [5, 5.41) is 8.28. The lowest BCUT2D eigenvalue weighted by molar-refractivity contribution is -0.118. The summed E-state index contributed by atoms with van der Waals surface area (Å²) in [6.07, 6.45) is 1.97. The Balaban J connectivity index is 1.48. The van der Waals surface area contributed by atoms with Gasteiger partial charge in [0.05, 0.1) is 23.6 Å². The van der Waals surface area contributed by atoms with Gasteiger partial charge in [0.1, 0.15) is 5.03 Å². The maximum absolute atomic E-state index is 12.8. The number of nitrogens with two attached hydrogens (primary N) is 1. The molecule has 2 aromatic carbocycles. The van der Waals surface area contributed by atoms with Gasteiger partial charge in [-0.15, -0.1) is 0 Å². The van der Waals surface area contributed by atoms with Crippen molar-refractivity contribution in [3.05, 3.63) is 100 Å². The third-order valence-electron chi connectivity index (χ3n) is 6.10. The number of hydrogen-bond acceptors (Lipinski definition) is 5. The van der Waals surface area contributed by atoms with Crippen molar-refractivity contribution in [3.63, 3.8) is 0 Å². The molecule has 4 aromatic rings. The van der Waals surface area contributed by atoms with E-state index in [1.165, 1.54) is 11.8 Å². The summed E-state index contributed by atoms with van der Waals surface area (Å²) in [6, 6.07) is 20.0. The van der Waals surface area contributed by atoms with Crippen molar-refractivity contribution < 1.29 is 9.59 Å². The molecule has 0 spiro atoms. The average molecular weight is 500 g/mol. The number of carbonyl (C=O) groups is 2. The SMILES string of the molecule is Cc1nc(SCC(=O)NCc2cn(Cc3ccccc3)nc2-c2ccccc2)c(C(N)=O)c(C)c1C. The van der Waals surface area contributed by atoms with Gasteiger partial charge in [-0.05, 0) is 37.5 Å². The van der Waals surface area contributed by atoms with Crippen LogP contribution in [0.15, 0.2) is 71.9 Å². The van der Waals surface area contributed by atoms with Crippen molar-refractivity contribution in [1.29, 1.82) is 0 Å². The molecule has 184 valence electrons. The zero-order valence-corrected chi connectivity index (χ0v) is 21.4. The number of pyridine rings is 1. The minimum atomic E-state index is -0.538. The number of amides is 2. The van der Waals surface area contributed by atoms with E-state index < -0.39 is 5.91 Å². The number of benzene rings is 2. The smallest absolute Gasteiger partial charge is 0.251 e. The molecule has 2 amide bonds. The topological polar surface area (TPSA) is 103 Å². The van der Waals surface area contributed by atoms with Gasteiger partial charge in [0.15, 0.2) is 0 Å². The van der Waals surface area contributed by atoms with Crippen LogP contribution in [-0.2, 0) is 17.9 Å². The Hall–Kier alpha value is -3.91. The highest BCUT2D eigenvalue weighted by Crippen LogP contribution is 2.27. The van der Waals surface area contributed by atoms with Crippen LogP contribution in [-0.4, -0.2) is 32.3 Å². The summed E-state index contributed by atoms with van der Waals surface area (Å²) < 4.78 is 1.90. The highest BCUT2D eigenvalue weighted by atomic mass is 32.2. The highest BCUT2D eigenvalue weighted by molar-refractivity contribution is 8.00. The number of primary amides is 1. The van der Waals surface area contributed by atoms with Crippen LogP contribution in [0.5, 0.6) is 0 Å². The zero-order chi connectivity index (χ0) is 25.7. The van der Waals surface area contributed by atoms with Crippen LogP contribution in [0, 0.1) is 20.8 Å². The van der Waals surface area contributed by atoms with Gasteiger partial charge in [0.2, 0.25) is 5.91 Å². The first-order chi connectivity index (χ1) is 17.3. The van der Waals surface area contributed by atoms with Gasteiger partial charge in [-0.3, -0.25) is 14.3 Å². The Kier molecular flexibility index (Phi) is 7.85. The Labute approximate surface area is 215 Å². The van der Waals surface area contributed by atoms with Crippen LogP contribution in [0.25, 0.3) is 11.3 Å². The molecule has 4 rings (SSSR count). The fraction of sp³-hybridized carbons (Fsp3) is 0.214. The van der Waals surface area contributed by atoms with Gasteiger partial charge >= 0.3 is 0 Å². The molecular formula is C28H29N5O2S. The minimum Gasteiger partial charge on any atom is -0.366 e. The third kappa shape index (κ3) is 5.83. The van der Waals surface area contributed by atoms with E-state index in [-0.39, 0.29) is 11.7 Å². The van der Waals surface area contributed by atoms with Crippen molar-refractivity contribution in [2.75, 3.05) is 5.75 Å². The lowest BCUT2D eigenvalue weighted by atomic mass is 10.0. The predicted molar refractivity (Wildman–Crippen MR) is 143 cm³/mol. The Morgan fingerprint density at radius 2 is 1.64 bits per heavy atom. The van der Waals surface area contributed by atoms with Crippen LogP contribution in [0.1, 0.15) is 38.3 Å². The van der Waals surface area contributed by atoms with E-state index in [0.29, 0.717) is 23.7 Å². The fourth-order valence-corrected chi connectivity index (χ4v) is 4.94. The highest BCUT2D eigenvalue weighted by Gasteiger charge is 2.19. The molecule has 0 fully saturated rings. The molecule has 0 saturated carbocycles. The van der Waals surface area contributed by atoms with E-state index in [1.807, 2.05) is 80.2 Å². The molecule has 7 nitrogen and oxygen atoms in total. The Morgan fingerprint density at radius 1 is 0.972 bits per heavy atom. The summed E-state index contributed by atoms with van der Waals surface area (Å²) in [7, 11) is 0. The van der Waals surface area contributed by atoms with Gasteiger partial charge in [0, 0.05) is 29.6 Å². The zero-order valence-electron chi connectivity index (χ0n) is 20.6. The van der Waals surface area contributed by atoms with Crippen LogP contribution in [0.3, 0.4) is 0 Å². The molecule has 3 N–H and O–H groups in total. The Bertz CT molecular complexity index is 1380. The first kappa shape index (κ1) is 25.2. The number of rotatable bonds is 9. The van der Waals surface area contributed by atoms with Crippen molar-refractivity contribution in [1.82, 2.24) is 20.1 Å². The quantitative estimate of drug-likeness (QED) is 0.332. The van der Waals surface area contributed by atoms with Crippen LogP contribution < -0.4 is 11.1 Å². The van der Waals surface area contributed by atoms with E-state index in [1.54, 1.807) is 0 Å². The van der Waals surface area contributed by atoms with Crippen molar-refractivity contribution in [3.8, 4) is 11.3 Å². The molecule has 2 aromatic heterocycles. The second-order valence-corrected chi connectivity index (χ2v) is 9.57. The molecule has 2 heterocycles. The molecule has 0 atom stereocenters. The van der Waals surface area contributed by atoms with E-state index in [2.05, 4.69) is 22.4 Å².